The highest BCUT2D eigenvalue weighted by molar-refractivity contribution is 5.67. The van der Waals surface area contributed by atoms with Gasteiger partial charge in [-0.1, -0.05) is 12.1 Å². The Labute approximate surface area is 211 Å². The maximum absolute atomic E-state index is 13.2. The van der Waals surface area contributed by atoms with E-state index in [1.807, 2.05) is 0 Å². The summed E-state index contributed by atoms with van der Waals surface area (Å²) in [5, 5.41) is 12.1. The van der Waals surface area contributed by atoms with Gasteiger partial charge in [-0.3, -0.25) is 4.79 Å². The smallest absolute Gasteiger partial charge is 0.416 e. The Hall–Kier alpha value is -4.81. The third-order valence-electron chi connectivity index (χ3n) is 5.67. The summed E-state index contributed by atoms with van der Waals surface area (Å²) in [5.41, 5.74) is 0.288. The van der Waals surface area contributed by atoms with Gasteiger partial charge in [-0.25, -0.2) is 14.0 Å². The maximum Gasteiger partial charge on any atom is 0.416 e. The molecule has 2 aromatic carbocycles. The third kappa shape index (κ3) is 4.65. The molecule has 0 saturated carbocycles. The minimum atomic E-state index is -4.55. The summed E-state index contributed by atoms with van der Waals surface area (Å²) in [6.07, 6.45) is 0.698. The fourth-order valence-corrected chi connectivity index (χ4v) is 3.86. The van der Waals surface area contributed by atoms with E-state index in [0.29, 0.717) is 27.2 Å². The van der Waals surface area contributed by atoms with E-state index in [2.05, 4.69) is 15.3 Å². The third-order valence-corrected chi connectivity index (χ3v) is 5.67. The number of alkyl halides is 5. The molecule has 13 heteroatoms. The van der Waals surface area contributed by atoms with E-state index < -0.39 is 23.7 Å². The lowest BCUT2D eigenvalue weighted by Gasteiger charge is -2.14. The van der Waals surface area contributed by atoms with Crippen molar-refractivity contribution >= 4 is 0 Å². The molecule has 0 spiro atoms. The van der Waals surface area contributed by atoms with Crippen LogP contribution < -0.4 is 10.2 Å². The van der Waals surface area contributed by atoms with Gasteiger partial charge in [-0.15, -0.1) is 0 Å². The van der Waals surface area contributed by atoms with Crippen LogP contribution in [0.15, 0.2) is 84.2 Å². The van der Waals surface area contributed by atoms with E-state index in [4.69, 9.17) is 4.74 Å². The van der Waals surface area contributed by atoms with Crippen molar-refractivity contribution in [3.63, 3.8) is 0 Å². The normalized spacial score (nSPS) is 11.8. The lowest BCUT2D eigenvalue weighted by Crippen LogP contribution is -2.15. The number of benzene rings is 2. The van der Waals surface area contributed by atoms with Crippen molar-refractivity contribution in [3.8, 4) is 39.6 Å². The molecule has 3 heterocycles. The fourth-order valence-electron chi connectivity index (χ4n) is 3.86. The quantitative estimate of drug-likeness (QED) is 0.277. The second kappa shape index (κ2) is 9.57. The average molecular weight is 528 g/mol. The van der Waals surface area contributed by atoms with E-state index in [9.17, 15) is 26.7 Å². The number of ether oxygens (including phenoxy) is 1. The number of aromatic nitrogens is 6. The number of halogens is 5. The topological polar surface area (TPSA) is 79.8 Å². The molecule has 194 valence electrons. The molecule has 0 fully saturated rings. The summed E-state index contributed by atoms with van der Waals surface area (Å²) in [4.78, 5) is 12.8. The van der Waals surface area contributed by atoms with E-state index in [0.717, 1.165) is 12.1 Å². The van der Waals surface area contributed by atoms with Gasteiger partial charge in [0.15, 0.2) is 5.69 Å². The molecule has 0 amide bonds. The number of hydrogen-bond donors (Lipinski definition) is 0. The van der Waals surface area contributed by atoms with Crippen LogP contribution in [0.25, 0.3) is 33.9 Å². The predicted octanol–water partition coefficient (Wildman–Crippen LogP) is 5.37. The highest BCUT2D eigenvalue weighted by Crippen LogP contribution is 2.32. The highest BCUT2D eigenvalue weighted by Gasteiger charge is 2.30. The molecular formula is C25H17F5N6O2. The summed E-state index contributed by atoms with van der Waals surface area (Å²) >= 11 is 0. The van der Waals surface area contributed by atoms with E-state index in [-0.39, 0.29) is 17.1 Å². The fraction of sp³-hybridized carbons (Fsp3) is 0.120. The van der Waals surface area contributed by atoms with Gasteiger partial charge in [0.05, 0.1) is 36.4 Å². The summed E-state index contributed by atoms with van der Waals surface area (Å²) in [7, 11) is 1.41. The first-order chi connectivity index (χ1) is 18.2. The highest BCUT2D eigenvalue weighted by atomic mass is 19.4. The summed E-state index contributed by atoms with van der Waals surface area (Å²) in [6, 6.07) is 12.2. The Morgan fingerprint density at radius 1 is 0.974 bits per heavy atom. The van der Waals surface area contributed by atoms with Crippen molar-refractivity contribution in [2.24, 2.45) is 0 Å². The molecule has 3 aromatic heterocycles. The lowest BCUT2D eigenvalue weighted by molar-refractivity contribution is -0.137. The molecule has 5 aromatic rings. The second-order valence-corrected chi connectivity index (χ2v) is 8.02. The van der Waals surface area contributed by atoms with Gasteiger partial charge >= 0.3 is 12.7 Å². The molecular weight excluding hydrogens is 511 g/mol. The SMILES string of the molecule is COc1cc(-c2cnn(C(F)F)c2)ccc1-n1ccc(=O)c(-c2ccnn2-c2cccc(C(F)(F)F)c2)n1. The Morgan fingerprint density at radius 2 is 1.79 bits per heavy atom. The van der Waals surface area contributed by atoms with Crippen LogP contribution in [-0.4, -0.2) is 36.5 Å². The minimum Gasteiger partial charge on any atom is -0.494 e. The molecule has 0 saturated heterocycles. The summed E-state index contributed by atoms with van der Waals surface area (Å²) < 4.78 is 74.1. The first kappa shape index (κ1) is 24.9. The lowest BCUT2D eigenvalue weighted by atomic mass is 10.1. The molecule has 0 aliphatic carbocycles. The van der Waals surface area contributed by atoms with E-state index >= 15 is 0 Å². The Kier molecular flexibility index (Phi) is 6.27. The van der Waals surface area contributed by atoms with Gasteiger partial charge in [0.2, 0.25) is 5.43 Å². The number of methoxy groups -OCH3 is 1. The number of rotatable bonds is 6. The standard InChI is InChI=1S/C25H17F5N6O2/c1-38-22-11-15(16-13-32-35(14-16)24(26)27)5-6-19(22)34-10-8-21(37)23(33-34)20-7-9-31-36(20)18-4-2-3-17(12-18)25(28,29)30/h2-14,24H,1H3. The molecule has 5 rings (SSSR count). The van der Waals surface area contributed by atoms with Crippen molar-refractivity contribution in [2.45, 2.75) is 12.7 Å². The van der Waals surface area contributed by atoms with Crippen LogP contribution in [-0.2, 0) is 6.18 Å². The predicted molar refractivity (Wildman–Crippen MR) is 126 cm³/mol. The van der Waals surface area contributed by atoms with Crippen LogP contribution in [0.2, 0.25) is 0 Å². The zero-order chi connectivity index (χ0) is 27.0. The molecule has 0 N–H and O–H groups in total. The van der Waals surface area contributed by atoms with Gasteiger partial charge in [0.1, 0.15) is 11.4 Å². The van der Waals surface area contributed by atoms with Crippen molar-refractivity contribution in [1.82, 2.24) is 29.3 Å². The van der Waals surface area contributed by atoms with Gasteiger partial charge in [-0.05, 0) is 42.0 Å². The van der Waals surface area contributed by atoms with Crippen LogP contribution in [0, 0.1) is 0 Å². The Balaban J connectivity index is 1.56. The number of hydrogen-bond acceptors (Lipinski definition) is 5. The molecule has 0 radical (unpaired) electrons. The molecule has 0 bridgehead atoms. The van der Waals surface area contributed by atoms with Crippen molar-refractivity contribution in [2.75, 3.05) is 7.11 Å². The zero-order valence-corrected chi connectivity index (χ0v) is 19.5. The first-order valence-electron chi connectivity index (χ1n) is 11.0. The van der Waals surface area contributed by atoms with Gasteiger partial charge in [0.25, 0.3) is 0 Å². The molecule has 0 aliphatic heterocycles. The molecule has 0 unspecified atom stereocenters. The molecule has 8 nitrogen and oxygen atoms in total. The van der Waals surface area contributed by atoms with Crippen LogP contribution in [0.5, 0.6) is 5.75 Å². The number of nitrogens with zero attached hydrogens (tertiary/aromatic N) is 6. The van der Waals surface area contributed by atoms with Crippen LogP contribution >= 0.6 is 0 Å². The van der Waals surface area contributed by atoms with Gasteiger partial charge < -0.3 is 4.74 Å². The van der Waals surface area contributed by atoms with Crippen molar-refractivity contribution in [3.05, 3.63) is 95.2 Å². The van der Waals surface area contributed by atoms with Crippen molar-refractivity contribution in [1.29, 1.82) is 0 Å². The van der Waals surface area contributed by atoms with Crippen LogP contribution in [0.3, 0.4) is 0 Å². The minimum absolute atomic E-state index is 0.0632. The maximum atomic E-state index is 13.2. The van der Waals surface area contributed by atoms with Crippen molar-refractivity contribution < 1.29 is 26.7 Å². The van der Waals surface area contributed by atoms with Crippen LogP contribution in [0.4, 0.5) is 22.0 Å². The monoisotopic (exact) mass is 528 g/mol. The van der Waals surface area contributed by atoms with Gasteiger partial charge in [-0.2, -0.15) is 37.2 Å². The Bertz CT molecular complexity index is 1670. The van der Waals surface area contributed by atoms with E-state index in [1.165, 1.54) is 65.5 Å². The summed E-state index contributed by atoms with van der Waals surface area (Å²) in [6.45, 7) is -2.78. The zero-order valence-electron chi connectivity index (χ0n) is 19.5. The van der Waals surface area contributed by atoms with Gasteiger partial charge in [0, 0.05) is 24.0 Å². The first-order valence-corrected chi connectivity index (χ1v) is 11.0. The molecule has 0 atom stereocenters. The largest absolute Gasteiger partial charge is 0.494 e. The average Bonchev–Trinajstić information content (AvgIpc) is 3.59. The summed E-state index contributed by atoms with van der Waals surface area (Å²) in [5.74, 6) is 0.320. The molecule has 0 aliphatic rings. The van der Waals surface area contributed by atoms with E-state index in [1.54, 1.807) is 18.2 Å². The Morgan fingerprint density at radius 3 is 2.50 bits per heavy atom. The molecule has 38 heavy (non-hydrogen) atoms. The van der Waals surface area contributed by atoms with Crippen LogP contribution in [0.1, 0.15) is 12.1 Å². The second-order valence-electron chi connectivity index (χ2n) is 8.02.